The van der Waals surface area contributed by atoms with Gasteiger partial charge < -0.3 is 10.2 Å². The fourth-order valence-electron chi connectivity index (χ4n) is 2.78. The first-order chi connectivity index (χ1) is 11.6. The molecule has 0 unspecified atom stereocenters. The Hall–Kier alpha value is -1.46. The molecule has 1 heterocycles. The van der Waals surface area contributed by atoms with E-state index < -0.39 is 0 Å². The minimum absolute atomic E-state index is 0.187. The molecule has 1 aliphatic heterocycles. The van der Waals surface area contributed by atoms with E-state index in [4.69, 9.17) is 0 Å². The number of nitrogens with zero attached hydrogens (tertiary/aromatic N) is 1. The van der Waals surface area contributed by atoms with Crippen molar-refractivity contribution in [1.29, 1.82) is 0 Å². The lowest BCUT2D eigenvalue weighted by molar-refractivity contribution is -0.130. The first kappa shape index (κ1) is 17.4. The number of carbonyl (C=O) groups is 1. The average molecular weight is 405 g/mol. The molecule has 24 heavy (non-hydrogen) atoms. The summed E-state index contributed by atoms with van der Waals surface area (Å²) in [6.45, 7) is 3.73. The van der Waals surface area contributed by atoms with E-state index in [1.54, 1.807) is 11.8 Å². The van der Waals surface area contributed by atoms with Crippen LogP contribution < -0.4 is 5.32 Å². The van der Waals surface area contributed by atoms with Crippen molar-refractivity contribution < 1.29 is 4.79 Å². The van der Waals surface area contributed by atoms with Crippen LogP contribution in [0.5, 0.6) is 0 Å². The fraction of sp³-hybridized carbons (Fsp3) is 0.316. The van der Waals surface area contributed by atoms with Crippen molar-refractivity contribution in [2.45, 2.75) is 35.6 Å². The van der Waals surface area contributed by atoms with Crippen molar-refractivity contribution in [2.75, 3.05) is 18.4 Å². The number of rotatable bonds is 5. The Morgan fingerprint density at radius 1 is 1.04 bits per heavy atom. The van der Waals surface area contributed by atoms with Crippen molar-refractivity contribution in [2.24, 2.45) is 0 Å². The topological polar surface area (TPSA) is 32.3 Å². The molecular weight excluding hydrogens is 384 g/mol. The van der Waals surface area contributed by atoms with Gasteiger partial charge in [-0.3, -0.25) is 4.79 Å². The van der Waals surface area contributed by atoms with E-state index in [0.29, 0.717) is 0 Å². The molecule has 1 amide bonds. The van der Waals surface area contributed by atoms with Gasteiger partial charge in [0.1, 0.15) is 6.04 Å². The highest BCUT2D eigenvalue weighted by Gasteiger charge is 2.22. The Morgan fingerprint density at radius 3 is 2.17 bits per heavy atom. The number of benzene rings is 2. The lowest BCUT2D eigenvalue weighted by Gasteiger charge is -2.22. The number of nitrogens with one attached hydrogen (secondary N) is 1. The molecule has 1 N–H and O–H groups in total. The van der Waals surface area contributed by atoms with Crippen molar-refractivity contribution in [1.82, 2.24) is 4.90 Å². The highest BCUT2D eigenvalue weighted by molar-refractivity contribution is 9.10. The van der Waals surface area contributed by atoms with Gasteiger partial charge in [-0.25, -0.2) is 0 Å². The van der Waals surface area contributed by atoms with Crippen LogP contribution in [0.25, 0.3) is 0 Å². The Labute approximate surface area is 155 Å². The predicted molar refractivity (Wildman–Crippen MR) is 104 cm³/mol. The number of amides is 1. The maximum atomic E-state index is 12.3. The largest absolute Gasteiger partial charge is 0.374 e. The molecule has 1 atom stereocenters. The third-order valence-corrected chi connectivity index (χ3v) is 5.62. The second-order valence-corrected chi connectivity index (χ2v) is 8.04. The average Bonchev–Trinajstić information content (AvgIpc) is 3.12. The van der Waals surface area contributed by atoms with Crippen LogP contribution in [-0.2, 0) is 4.79 Å². The summed E-state index contributed by atoms with van der Waals surface area (Å²) in [4.78, 5) is 16.7. The molecule has 0 bridgehead atoms. The van der Waals surface area contributed by atoms with Crippen molar-refractivity contribution >= 4 is 39.3 Å². The third-order valence-electron chi connectivity index (χ3n) is 4.07. The molecule has 3 rings (SSSR count). The molecule has 2 aromatic rings. The van der Waals surface area contributed by atoms with Crippen LogP contribution in [0.1, 0.15) is 19.8 Å². The van der Waals surface area contributed by atoms with Crippen molar-refractivity contribution in [3.63, 3.8) is 0 Å². The lowest BCUT2D eigenvalue weighted by atomic mass is 10.2. The molecule has 1 aliphatic rings. The standard InChI is InChI=1S/C19H21BrN2OS/c1-14(19(23)22-12-2-3-13-22)21-16-6-10-18(11-7-16)24-17-8-4-15(20)5-9-17/h4-11,14,21H,2-3,12-13H2,1H3/t14-/m1/s1. The SMILES string of the molecule is C[C@@H](Nc1ccc(Sc2ccc(Br)cc2)cc1)C(=O)N1CCCC1. The highest BCUT2D eigenvalue weighted by atomic mass is 79.9. The summed E-state index contributed by atoms with van der Waals surface area (Å²) in [7, 11) is 0. The molecule has 5 heteroatoms. The fourth-order valence-corrected chi connectivity index (χ4v) is 3.86. The van der Waals surface area contributed by atoms with E-state index in [-0.39, 0.29) is 11.9 Å². The van der Waals surface area contributed by atoms with Gasteiger partial charge in [-0.05, 0) is 68.3 Å². The van der Waals surface area contributed by atoms with Gasteiger partial charge in [-0.1, -0.05) is 27.7 Å². The van der Waals surface area contributed by atoms with E-state index >= 15 is 0 Å². The van der Waals surface area contributed by atoms with Gasteiger partial charge in [0.2, 0.25) is 5.91 Å². The Bertz CT molecular complexity index is 682. The summed E-state index contributed by atoms with van der Waals surface area (Å²) in [5.41, 5.74) is 0.982. The molecule has 0 saturated carbocycles. The quantitative estimate of drug-likeness (QED) is 0.758. The smallest absolute Gasteiger partial charge is 0.244 e. The van der Waals surface area contributed by atoms with Crippen LogP contribution >= 0.6 is 27.7 Å². The number of hydrogen-bond acceptors (Lipinski definition) is 3. The Morgan fingerprint density at radius 2 is 1.58 bits per heavy atom. The van der Waals surface area contributed by atoms with Gasteiger partial charge in [-0.2, -0.15) is 0 Å². The summed E-state index contributed by atoms with van der Waals surface area (Å²) in [6, 6.07) is 16.3. The van der Waals surface area contributed by atoms with Gasteiger partial charge >= 0.3 is 0 Å². The summed E-state index contributed by atoms with van der Waals surface area (Å²) >= 11 is 5.18. The van der Waals surface area contributed by atoms with Crippen LogP contribution in [0.3, 0.4) is 0 Å². The summed E-state index contributed by atoms with van der Waals surface area (Å²) < 4.78 is 1.09. The molecule has 0 aliphatic carbocycles. The second kappa shape index (κ2) is 8.08. The number of halogens is 1. The molecule has 1 saturated heterocycles. The monoisotopic (exact) mass is 404 g/mol. The van der Waals surface area contributed by atoms with E-state index in [1.165, 1.54) is 9.79 Å². The van der Waals surface area contributed by atoms with Crippen LogP contribution in [0.4, 0.5) is 5.69 Å². The number of likely N-dealkylation sites (tertiary alicyclic amines) is 1. The highest BCUT2D eigenvalue weighted by Crippen LogP contribution is 2.29. The van der Waals surface area contributed by atoms with Crippen LogP contribution in [-0.4, -0.2) is 29.9 Å². The maximum Gasteiger partial charge on any atom is 0.244 e. The molecule has 126 valence electrons. The van der Waals surface area contributed by atoms with Crippen LogP contribution in [0.2, 0.25) is 0 Å². The zero-order chi connectivity index (χ0) is 16.9. The summed E-state index contributed by atoms with van der Waals surface area (Å²) in [5, 5.41) is 3.31. The summed E-state index contributed by atoms with van der Waals surface area (Å²) in [6.07, 6.45) is 2.25. The first-order valence-corrected chi connectivity index (χ1v) is 9.81. The molecule has 0 spiro atoms. The summed E-state index contributed by atoms with van der Waals surface area (Å²) in [5.74, 6) is 0.195. The van der Waals surface area contributed by atoms with Gasteiger partial charge in [-0.15, -0.1) is 0 Å². The van der Waals surface area contributed by atoms with Gasteiger partial charge in [0.15, 0.2) is 0 Å². The minimum Gasteiger partial charge on any atom is -0.374 e. The molecule has 0 aromatic heterocycles. The first-order valence-electron chi connectivity index (χ1n) is 8.20. The van der Waals surface area contributed by atoms with E-state index in [9.17, 15) is 4.79 Å². The van der Waals surface area contributed by atoms with Crippen molar-refractivity contribution in [3.05, 3.63) is 53.0 Å². The molecule has 1 fully saturated rings. The second-order valence-electron chi connectivity index (χ2n) is 5.98. The Kier molecular flexibility index (Phi) is 5.85. The number of carbonyl (C=O) groups excluding carboxylic acids is 1. The molecule has 0 radical (unpaired) electrons. The number of hydrogen-bond donors (Lipinski definition) is 1. The molecule has 3 nitrogen and oxygen atoms in total. The van der Waals surface area contributed by atoms with Gasteiger partial charge in [0, 0.05) is 33.0 Å². The number of anilines is 1. The van der Waals surface area contributed by atoms with Gasteiger partial charge in [0.05, 0.1) is 0 Å². The maximum absolute atomic E-state index is 12.3. The molecule has 2 aromatic carbocycles. The zero-order valence-corrected chi connectivity index (χ0v) is 16.1. The van der Waals surface area contributed by atoms with E-state index in [2.05, 4.69) is 45.5 Å². The normalized spacial score (nSPS) is 15.3. The van der Waals surface area contributed by atoms with Crippen LogP contribution in [0, 0.1) is 0 Å². The molecular formula is C19H21BrN2OS. The Balaban J connectivity index is 1.57. The zero-order valence-electron chi connectivity index (χ0n) is 13.7. The van der Waals surface area contributed by atoms with E-state index in [0.717, 1.165) is 36.1 Å². The van der Waals surface area contributed by atoms with Crippen LogP contribution in [0.15, 0.2) is 62.8 Å². The van der Waals surface area contributed by atoms with Crippen molar-refractivity contribution in [3.8, 4) is 0 Å². The predicted octanol–water partition coefficient (Wildman–Crippen LogP) is 5.02. The lowest BCUT2D eigenvalue weighted by Crippen LogP contribution is -2.39. The van der Waals surface area contributed by atoms with Gasteiger partial charge in [0.25, 0.3) is 0 Å². The van der Waals surface area contributed by atoms with E-state index in [1.807, 2.05) is 36.1 Å². The minimum atomic E-state index is -0.187. The third kappa shape index (κ3) is 4.54.